The second-order valence-electron chi connectivity index (χ2n) is 4.50. The average Bonchev–Trinajstić information content (AvgIpc) is 2.83. The second kappa shape index (κ2) is 5.25. The lowest BCUT2D eigenvalue weighted by Gasteiger charge is -2.05. The molecule has 0 aliphatic carbocycles. The summed E-state index contributed by atoms with van der Waals surface area (Å²) < 4.78 is 19.9. The highest BCUT2D eigenvalue weighted by atomic mass is 79.9. The van der Waals surface area contributed by atoms with Crippen molar-refractivity contribution in [1.82, 2.24) is 9.97 Å². The Morgan fingerprint density at radius 2 is 2.15 bits per heavy atom. The Kier molecular flexibility index (Phi) is 3.44. The molecule has 0 spiro atoms. The zero-order valence-corrected chi connectivity index (χ0v) is 12.4. The van der Waals surface area contributed by atoms with Crippen molar-refractivity contribution in [3.05, 3.63) is 58.1 Å². The molecular formula is C15H12BrFN2O. The Hall–Kier alpha value is -1.88. The predicted molar refractivity (Wildman–Crippen MR) is 79.6 cm³/mol. The fourth-order valence-corrected chi connectivity index (χ4v) is 2.51. The Labute approximate surface area is 123 Å². The van der Waals surface area contributed by atoms with Crippen LogP contribution in [0.2, 0.25) is 0 Å². The van der Waals surface area contributed by atoms with Crippen molar-refractivity contribution in [3.8, 4) is 5.75 Å². The number of nitrogens with one attached hydrogen (secondary N) is 1. The maximum atomic E-state index is 14.0. The highest BCUT2D eigenvalue weighted by Crippen LogP contribution is 2.25. The van der Waals surface area contributed by atoms with Crippen molar-refractivity contribution < 1.29 is 9.13 Å². The maximum Gasteiger partial charge on any atom is 0.137 e. The number of rotatable bonds is 3. The van der Waals surface area contributed by atoms with E-state index in [1.54, 1.807) is 18.3 Å². The van der Waals surface area contributed by atoms with E-state index in [1.165, 1.54) is 13.2 Å². The van der Waals surface area contributed by atoms with Crippen molar-refractivity contribution in [3.63, 3.8) is 0 Å². The number of methoxy groups -OCH3 is 1. The number of fused-ring (bicyclic) bond motifs is 1. The number of aromatic nitrogens is 2. The van der Waals surface area contributed by atoms with Crippen LogP contribution in [-0.4, -0.2) is 17.1 Å². The number of pyridine rings is 1. The molecule has 102 valence electrons. The average molecular weight is 335 g/mol. The Balaban J connectivity index is 1.99. The Bertz CT molecular complexity index is 770. The molecule has 0 atom stereocenters. The van der Waals surface area contributed by atoms with Gasteiger partial charge < -0.3 is 9.72 Å². The van der Waals surface area contributed by atoms with Gasteiger partial charge in [-0.3, -0.25) is 0 Å². The van der Waals surface area contributed by atoms with Crippen LogP contribution in [0.15, 0.2) is 41.1 Å². The lowest BCUT2D eigenvalue weighted by Crippen LogP contribution is -1.93. The lowest BCUT2D eigenvalue weighted by molar-refractivity contribution is 0.411. The van der Waals surface area contributed by atoms with E-state index in [4.69, 9.17) is 4.74 Å². The van der Waals surface area contributed by atoms with Gasteiger partial charge in [-0.05, 0) is 39.2 Å². The lowest BCUT2D eigenvalue weighted by atomic mass is 10.0. The van der Waals surface area contributed by atoms with Gasteiger partial charge in [0.05, 0.1) is 7.11 Å². The fourth-order valence-electron chi connectivity index (χ4n) is 2.18. The number of ether oxygens (including phenoxy) is 1. The van der Waals surface area contributed by atoms with Gasteiger partial charge in [-0.25, -0.2) is 9.37 Å². The molecule has 2 aromatic heterocycles. The van der Waals surface area contributed by atoms with Crippen LogP contribution >= 0.6 is 15.9 Å². The van der Waals surface area contributed by atoms with E-state index in [1.807, 2.05) is 12.3 Å². The monoisotopic (exact) mass is 334 g/mol. The first-order valence-electron chi connectivity index (χ1n) is 6.11. The highest BCUT2D eigenvalue weighted by molar-refractivity contribution is 9.10. The summed E-state index contributed by atoms with van der Waals surface area (Å²) in [5, 5.41) is 0.995. The zero-order chi connectivity index (χ0) is 14.1. The molecular weight excluding hydrogens is 323 g/mol. The van der Waals surface area contributed by atoms with Crippen molar-refractivity contribution in [1.29, 1.82) is 0 Å². The predicted octanol–water partition coefficient (Wildman–Crippen LogP) is 4.06. The molecule has 0 aliphatic heterocycles. The molecule has 0 radical (unpaired) electrons. The van der Waals surface area contributed by atoms with Gasteiger partial charge in [0.1, 0.15) is 17.2 Å². The molecule has 0 saturated carbocycles. The van der Waals surface area contributed by atoms with Gasteiger partial charge in [0.25, 0.3) is 0 Å². The third kappa shape index (κ3) is 2.41. The minimum absolute atomic E-state index is 0.262. The molecule has 3 aromatic rings. The molecule has 1 aromatic carbocycles. The van der Waals surface area contributed by atoms with Gasteiger partial charge >= 0.3 is 0 Å². The van der Waals surface area contributed by atoms with Crippen LogP contribution in [0.5, 0.6) is 5.75 Å². The smallest absolute Gasteiger partial charge is 0.137 e. The van der Waals surface area contributed by atoms with Gasteiger partial charge in [0, 0.05) is 34.7 Å². The van der Waals surface area contributed by atoms with Gasteiger partial charge in [-0.1, -0.05) is 6.07 Å². The summed E-state index contributed by atoms with van der Waals surface area (Å²) in [7, 11) is 1.53. The van der Waals surface area contributed by atoms with Gasteiger partial charge in [-0.2, -0.15) is 0 Å². The van der Waals surface area contributed by atoms with Crippen LogP contribution in [-0.2, 0) is 6.42 Å². The molecule has 20 heavy (non-hydrogen) atoms. The minimum atomic E-state index is -0.262. The Morgan fingerprint density at radius 3 is 2.90 bits per heavy atom. The first kappa shape index (κ1) is 13.1. The van der Waals surface area contributed by atoms with E-state index in [9.17, 15) is 4.39 Å². The number of nitrogens with zero attached hydrogens (tertiary/aromatic N) is 1. The molecule has 3 rings (SSSR count). The van der Waals surface area contributed by atoms with E-state index in [0.717, 1.165) is 21.1 Å². The number of aromatic amines is 1. The van der Waals surface area contributed by atoms with E-state index >= 15 is 0 Å². The van der Waals surface area contributed by atoms with Crippen molar-refractivity contribution >= 4 is 27.0 Å². The second-order valence-corrected chi connectivity index (χ2v) is 5.41. The fraction of sp³-hybridized carbons (Fsp3) is 0.133. The standard InChI is InChI=1S/C15H12BrFN2O/c1-20-12-3-2-9(14(17)6-12)4-10-7-18-15-13(10)5-11(16)8-19-15/h2-3,5-8H,4H2,1H3,(H,18,19). The number of benzene rings is 1. The molecule has 5 heteroatoms. The number of hydrogen-bond acceptors (Lipinski definition) is 2. The third-order valence-electron chi connectivity index (χ3n) is 3.22. The summed E-state index contributed by atoms with van der Waals surface area (Å²) >= 11 is 3.40. The SMILES string of the molecule is COc1ccc(Cc2c[nH]c3ncc(Br)cc23)c(F)c1. The van der Waals surface area contributed by atoms with Crippen LogP contribution in [0.3, 0.4) is 0 Å². The molecule has 0 saturated heterocycles. The summed E-state index contributed by atoms with van der Waals surface area (Å²) in [5.74, 6) is 0.260. The first-order valence-corrected chi connectivity index (χ1v) is 6.90. The normalized spacial score (nSPS) is 10.9. The quantitative estimate of drug-likeness (QED) is 0.784. The molecule has 0 bridgehead atoms. The van der Waals surface area contributed by atoms with E-state index in [-0.39, 0.29) is 5.82 Å². The zero-order valence-electron chi connectivity index (χ0n) is 10.8. The molecule has 0 fully saturated rings. The maximum absolute atomic E-state index is 14.0. The summed E-state index contributed by atoms with van der Waals surface area (Å²) in [5.41, 5.74) is 2.45. The van der Waals surface area contributed by atoms with E-state index in [0.29, 0.717) is 17.7 Å². The van der Waals surface area contributed by atoms with Gasteiger partial charge in [0.15, 0.2) is 0 Å². The topological polar surface area (TPSA) is 37.9 Å². The Morgan fingerprint density at radius 1 is 1.30 bits per heavy atom. The van der Waals surface area contributed by atoms with Crippen molar-refractivity contribution in [2.24, 2.45) is 0 Å². The molecule has 0 aliphatic rings. The number of H-pyrrole nitrogens is 1. The molecule has 2 heterocycles. The molecule has 0 unspecified atom stereocenters. The van der Waals surface area contributed by atoms with Crippen LogP contribution in [0, 0.1) is 5.82 Å². The van der Waals surface area contributed by atoms with Crippen LogP contribution < -0.4 is 4.74 Å². The minimum Gasteiger partial charge on any atom is -0.497 e. The number of hydrogen-bond donors (Lipinski definition) is 1. The van der Waals surface area contributed by atoms with Crippen LogP contribution in [0.1, 0.15) is 11.1 Å². The van der Waals surface area contributed by atoms with Crippen LogP contribution in [0.4, 0.5) is 4.39 Å². The van der Waals surface area contributed by atoms with Gasteiger partial charge in [0.2, 0.25) is 0 Å². The van der Waals surface area contributed by atoms with Crippen LogP contribution in [0.25, 0.3) is 11.0 Å². The highest BCUT2D eigenvalue weighted by Gasteiger charge is 2.10. The largest absolute Gasteiger partial charge is 0.497 e. The van der Waals surface area contributed by atoms with E-state index in [2.05, 4.69) is 25.9 Å². The van der Waals surface area contributed by atoms with Crippen molar-refractivity contribution in [2.75, 3.05) is 7.11 Å². The summed E-state index contributed by atoms with van der Waals surface area (Å²) in [4.78, 5) is 7.38. The molecule has 1 N–H and O–H groups in total. The van der Waals surface area contributed by atoms with Gasteiger partial charge in [-0.15, -0.1) is 0 Å². The molecule has 3 nitrogen and oxygen atoms in total. The number of halogens is 2. The third-order valence-corrected chi connectivity index (χ3v) is 3.66. The first-order chi connectivity index (χ1) is 9.67. The summed E-state index contributed by atoms with van der Waals surface area (Å²) in [6.07, 6.45) is 4.11. The molecule has 0 amide bonds. The van der Waals surface area contributed by atoms with E-state index < -0.39 is 0 Å². The van der Waals surface area contributed by atoms with Crippen molar-refractivity contribution in [2.45, 2.75) is 6.42 Å². The summed E-state index contributed by atoms with van der Waals surface area (Å²) in [6, 6.07) is 6.90. The summed E-state index contributed by atoms with van der Waals surface area (Å²) in [6.45, 7) is 0.